The van der Waals surface area contributed by atoms with Gasteiger partial charge in [-0.15, -0.1) is 0 Å². The maximum atomic E-state index is 11.7. The number of aromatic nitrogens is 2. The number of hydrogen-bond donors (Lipinski definition) is 4. The van der Waals surface area contributed by atoms with E-state index in [2.05, 4.69) is 20.6 Å². The number of aliphatic hydroxyl groups is 1. The maximum absolute atomic E-state index is 11.7. The first kappa shape index (κ1) is 19.8. The first-order valence-electron chi connectivity index (χ1n) is 10.0. The van der Waals surface area contributed by atoms with E-state index >= 15 is 0 Å². The van der Waals surface area contributed by atoms with Crippen LogP contribution in [0.1, 0.15) is 68.6 Å². The number of anilines is 2. The van der Waals surface area contributed by atoms with Gasteiger partial charge in [-0.05, 0) is 58.3 Å². The predicted octanol–water partition coefficient (Wildman–Crippen LogP) is 2.05. The summed E-state index contributed by atoms with van der Waals surface area (Å²) in [6.07, 6.45) is 8.92. The Hall–Kier alpha value is -1.93. The minimum atomic E-state index is -0.558. The van der Waals surface area contributed by atoms with E-state index in [-0.39, 0.29) is 17.7 Å². The summed E-state index contributed by atoms with van der Waals surface area (Å²) in [4.78, 5) is 20.5. The van der Waals surface area contributed by atoms with Crippen LogP contribution >= 0.6 is 0 Å². The van der Waals surface area contributed by atoms with Gasteiger partial charge in [0.25, 0.3) is 5.91 Å². The number of ether oxygens (including phenoxy) is 1. The smallest absolute Gasteiger partial charge is 0.254 e. The van der Waals surface area contributed by atoms with Crippen LogP contribution in [0.3, 0.4) is 0 Å². The molecule has 0 bridgehead atoms. The van der Waals surface area contributed by atoms with Crippen LogP contribution in [-0.4, -0.2) is 51.9 Å². The summed E-state index contributed by atoms with van der Waals surface area (Å²) in [5.41, 5.74) is 5.76. The molecule has 8 nitrogen and oxygen atoms in total. The van der Waals surface area contributed by atoms with E-state index in [4.69, 9.17) is 10.5 Å². The number of amides is 1. The van der Waals surface area contributed by atoms with E-state index in [1.807, 2.05) is 6.92 Å². The number of rotatable bonds is 7. The minimum absolute atomic E-state index is 0.0798. The normalized spacial score (nSPS) is 28.5. The molecule has 0 saturated heterocycles. The summed E-state index contributed by atoms with van der Waals surface area (Å²) in [6.45, 7) is 2.78. The second-order valence-corrected chi connectivity index (χ2v) is 7.56. The van der Waals surface area contributed by atoms with E-state index in [0.29, 0.717) is 30.3 Å². The second-order valence-electron chi connectivity index (χ2n) is 7.56. The molecule has 3 rings (SSSR count). The fourth-order valence-corrected chi connectivity index (χ4v) is 4.02. The molecule has 1 heterocycles. The quantitative estimate of drug-likeness (QED) is 0.573. The van der Waals surface area contributed by atoms with Gasteiger partial charge in [-0.2, -0.15) is 4.98 Å². The molecule has 0 aromatic carbocycles. The summed E-state index contributed by atoms with van der Waals surface area (Å²) < 4.78 is 5.69. The Balaban J connectivity index is 1.65. The van der Waals surface area contributed by atoms with Crippen LogP contribution in [-0.2, 0) is 4.74 Å². The minimum Gasteiger partial charge on any atom is -0.393 e. The summed E-state index contributed by atoms with van der Waals surface area (Å²) in [6, 6.07) is 0.377. The highest BCUT2D eigenvalue weighted by Gasteiger charge is 2.24. The largest absolute Gasteiger partial charge is 0.393 e. The molecule has 0 spiro atoms. The number of carbonyl (C=O) groups is 1. The highest BCUT2D eigenvalue weighted by atomic mass is 16.5. The molecule has 1 unspecified atom stereocenters. The third-order valence-corrected chi connectivity index (χ3v) is 5.45. The SMILES string of the molecule is CCO[C@H]1CC[C@H](Nc2ncc(C(N)=O)c(NC3CCC[C@@H](O)C3)n2)CC1. The molecule has 2 aliphatic rings. The Morgan fingerprint density at radius 2 is 2.00 bits per heavy atom. The molecule has 2 aliphatic carbocycles. The zero-order valence-corrected chi connectivity index (χ0v) is 16.0. The maximum Gasteiger partial charge on any atom is 0.254 e. The Morgan fingerprint density at radius 1 is 1.22 bits per heavy atom. The van der Waals surface area contributed by atoms with Crippen LogP contribution in [0.4, 0.5) is 11.8 Å². The average molecular weight is 377 g/mol. The van der Waals surface area contributed by atoms with Crippen molar-refractivity contribution in [3.8, 4) is 0 Å². The molecular formula is C19H31N5O3. The predicted molar refractivity (Wildman–Crippen MR) is 104 cm³/mol. The first-order chi connectivity index (χ1) is 13.0. The van der Waals surface area contributed by atoms with Crippen LogP contribution in [0.25, 0.3) is 0 Å². The fourth-order valence-electron chi connectivity index (χ4n) is 4.02. The van der Waals surface area contributed by atoms with Gasteiger partial charge in [0.1, 0.15) is 5.82 Å². The van der Waals surface area contributed by atoms with Crippen LogP contribution in [0.2, 0.25) is 0 Å². The lowest BCUT2D eigenvalue weighted by Crippen LogP contribution is -2.32. The molecule has 27 heavy (non-hydrogen) atoms. The lowest BCUT2D eigenvalue weighted by Gasteiger charge is -2.29. The number of aliphatic hydroxyl groups excluding tert-OH is 1. The van der Waals surface area contributed by atoms with Gasteiger partial charge >= 0.3 is 0 Å². The number of carbonyl (C=O) groups excluding carboxylic acids is 1. The molecule has 2 fully saturated rings. The number of nitrogens with zero attached hydrogens (tertiary/aromatic N) is 2. The zero-order valence-electron chi connectivity index (χ0n) is 16.0. The Bertz CT molecular complexity index is 634. The molecule has 0 aliphatic heterocycles. The van der Waals surface area contributed by atoms with Crippen LogP contribution in [0.15, 0.2) is 6.20 Å². The molecule has 1 amide bonds. The van der Waals surface area contributed by atoms with Crippen molar-refractivity contribution in [1.29, 1.82) is 0 Å². The summed E-state index contributed by atoms with van der Waals surface area (Å²) >= 11 is 0. The van der Waals surface area contributed by atoms with E-state index < -0.39 is 5.91 Å². The van der Waals surface area contributed by atoms with Crippen molar-refractivity contribution in [3.05, 3.63) is 11.8 Å². The van der Waals surface area contributed by atoms with Crippen molar-refractivity contribution < 1.29 is 14.6 Å². The molecule has 1 aromatic rings. The lowest BCUT2D eigenvalue weighted by molar-refractivity contribution is 0.0346. The second kappa shape index (κ2) is 9.32. The fraction of sp³-hybridized carbons (Fsp3) is 0.737. The van der Waals surface area contributed by atoms with E-state index in [0.717, 1.165) is 51.6 Å². The lowest BCUT2D eigenvalue weighted by atomic mass is 9.93. The van der Waals surface area contributed by atoms with Gasteiger partial charge in [0.15, 0.2) is 0 Å². The zero-order chi connectivity index (χ0) is 19.2. The van der Waals surface area contributed by atoms with Crippen molar-refractivity contribution in [1.82, 2.24) is 9.97 Å². The van der Waals surface area contributed by atoms with Crippen LogP contribution in [0.5, 0.6) is 0 Å². The highest BCUT2D eigenvalue weighted by molar-refractivity contribution is 5.97. The summed E-state index contributed by atoms with van der Waals surface area (Å²) in [7, 11) is 0. The van der Waals surface area contributed by atoms with Gasteiger partial charge < -0.3 is 26.2 Å². The van der Waals surface area contributed by atoms with Gasteiger partial charge in [-0.3, -0.25) is 4.79 Å². The molecule has 2 atom stereocenters. The average Bonchev–Trinajstić information content (AvgIpc) is 2.63. The molecule has 2 saturated carbocycles. The monoisotopic (exact) mass is 377 g/mol. The highest BCUT2D eigenvalue weighted by Crippen LogP contribution is 2.26. The standard InChI is InChI=1S/C19H31N5O3/c1-2-27-15-8-6-12(7-9-15)23-19-21-11-16(17(20)26)18(24-19)22-13-4-3-5-14(25)10-13/h11-15,25H,2-10H2,1H3,(H2,20,26)(H2,21,22,23,24)/t12-,13?,14-,15-/m1/s1. The van der Waals surface area contributed by atoms with Crippen molar-refractivity contribution >= 4 is 17.7 Å². The summed E-state index contributed by atoms with van der Waals surface area (Å²) in [5, 5.41) is 16.5. The van der Waals surface area contributed by atoms with Crippen molar-refractivity contribution in [2.75, 3.05) is 17.2 Å². The molecule has 5 N–H and O–H groups in total. The molecule has 8 heteroatoms. The summed E-state index contributed by atoms with van der Waals surface area (Å²) in [5.74, 6) is 0.387. The van der Waals surface area contributed by atoms with Crippen LogP contribution in [0, 0.1) is 0 Å². The topological polar surface area (TPSA) is 122 Å². The van der Waals surface area contributed by atoms with Crippen molar-refractivity contribution in [2.24, 2.45) is 5.73 Å². The van der Waals surface area contributed by atoms with E-state index in [9.17, 15) is 9.90 Å². The molecule has 150 valence electrons. The number of hydrogen-bond acceptors (Lipinski definition) is 7. The van der Waals surface area contributed by atoms with Gasteiger partial charge in [0, 0.05) is 24.9 Å². The van der Waals surface area contributed by atoms with Gasteiger partial charge in [0.05, 0.1) is 17.8 Å². The van der Waals surface area contributed by atoms with Gasteiger partial charge in [0.2, 0.25) is 5.95 Å². The third kappa shape index (κ3) is 5.52. The number of primary amides is 1. The van der Waals surface area contributed by atoms with Gasteiger partial charge in [-0.25, -0.2) is 4.98 Å². The Morgan fingerprint density at radius 3 is 2.67 bits per heavy atom. The molecular weight excluding hydrogens is 346 g/mol. The van der Waals surface area contributed by atoms with Gasteiger partial charge in [-0.1, -0.05) is 0 Å². The Kier molecular flexibility index (Phi) is 6.84. The van der Waals surface area contributed by atoms with E-state index in [1.54, 1.807) is 0 Å². The number of nitrogens with one attached hydrogen (secondary N) is 2. The molecule has 0 radical (unpaired) electrons. The molecule has 1 aromatic heterocycles. The van der Waals surface area contributed by atoms with Crippen molar-refractivity contribution in [3.63, 3.8) is 0 Å². The van der Waals surface area contributed by atoms with E-state index in [1.165, 1.54) is 6.20 Å². The third-order valence-electron chi connectivity index (χ3n) is 5.45. The van der Waals surface area contributed by atoms with Crippen molar-refractivity contribution in [2.45, 2.75) is 82.6 Å². The Labute approximate surface area is 160 Å². The van der Waals surface area contributed by atoms with Crippen LogP contribution < -0.4 is 16.4 Å². The first-order valence-corrected chi connectivity index (χ1v) is 10.0. The number of nitrogens with two attached hydrogens (primary N) is 1.